The maximum atomic E-state index is 13.2. The van der Waals surface area contributed by atoms with E-state index in [9.17, 15) is 9.35 Å². The van der Waals surface area contributed by atoms with E-state index in [4.69, 9.17) is 4.65 Å². The van der Waals surface area contributed by atoms with E-state index in [1.165, 1.54) is 6.92 Å². The number of carbonyl (C=O) groups excluding carboxylic acids is 1. The largest absolute Gasteiger partial charge is 0.606 e. The van der Waals surface area contributed by atoms with Gasteiger partial charge in [-0.15, -0.1) is 0 Å². The average molecular weight is 359 g/mol. The van der Waals surface area contributed by atoms with Crippen LogP contribution in [-0.2, 0) is 20.6 Å². The van der Waals surface area contributed by atoms with Crippen LogP contribution in [0.15, 0.2) is 76.5 Å². The number of para-hydroxylation sites is 3. The fraction of sp³-hybridized carbons (Fsp3) is 0.0500. The Bertz CT molecular complexity index is 1050. The lowest BCUT2D eigenvalue weighted by atomic mass is 9.52. The third kappa shape index (κ3) is 2.06. The average Bonchev–Trinajstić information content (AvgIpc) is 2.66. The lowest BCUT2D eigenvalue weighted by Gasteiger charge is -2.39. The monoisotopic (exact) mass is 359 g/mol. The van der Waals surface area contributed by atoms with Crippen LogP contribution in [0.3, 0.4) is 0 Å². The van der Waals surface area contributed by atoms with E-state index >= 15 is 0 Å². The Labute approximate surface area is 154 Å². The summed E-state index contributed by atoms with van der Waals surface area (Å²) in [6.45, 7) is 0.912. The van der Waals surface area contributed by atoms with Crippen LogP contribution in [-0.4, -0.2) is 17.4 Å². The lowest BCUT2D eigenvalue weighted by Crippen LogP contribution is -2.53. The highest BCUT2D eigenvalue weighted by molar-refractivity contribution is 7.92. The highest BCUT2D eigenvalue weighted by Crippen LogP contribution is 2.48. The zero-order valence-electron chi connectivity index (χ0n) is 14.0. The Morgan fingerprint density at radius 2 is 1.58 bits per heavy atom. The topological polar surface area (TPSA) is 52.6 Å². The molecule has 0 saturated heterocycles. The zero-order chi connectivity index (χ0) is 17.8. The molecule has 4 nitrogen and oxygen atoms in total. The van der Waals surface area contributed by atoms with Crippen molar-refractivity contribution in [3.8, 4) is 0 Å². The Morgan fingerprint density at radius 3 is 2.38 bits per heavy atom. The van der Waals surface area contributed by atoms with Gasteiger partial charge in [-0.1, -0.05) is 42.5 Å². The molecule has 0 radical (unpaired) electrons. The van der Waals surface area contributed by atoms with Gasteiger partial charge in [0.2, 0.25) is 0 Å². The van der Waals surface area contributed by atoms with Crippen molar-refractivity contribution in [1.29, 1.82) is 0 Å². The summed E-state index contributed by atoms with van der Waals surface area (Å²) in [6.07, 6.45) is 0. The number of fused-ring (bicyclic) bond motifs is 4. The minimum absolute atomic E-state index is 0.340. The molecule has 0 aliphatic carbocycles. The van der Waals surface area contributed by atoms with Crippen LogP contribution in [0.4, 0.5) is 17.1 Å². The van der Waals surface area contributed by atoms with Crippen LogP contribution in [0, 0.1) is 0 Å². The van der Waals surface area contributed by atoms with E-state index < -0.39 is 18.1 Å². The smallest absolute Gasteiger partial charge is 0.433 e. The highest BCUT2D eigenvalue weighted by Gasteiger charge is 2.45. The first-order valence-electron chi connectivity index (χ1n) is 8.37. The summed E-state index contributed by atoms with van der Waals surface area (Å²) in [4.78, 5) is 15.4. The van der Waals surface area contributed by atoms with E-state index in [0.717, 1.165) is 37.8 Å². The summed E-state index contributed by atoms with van der Waals surface area (Å²) in [5.74, 6) is -0.340. The SMILES string of the molecule is CC(=O)OB1c2ccccc2N2c3ccccc3[S+]([O-])c3cccc1c32. The minimum atomic E-state index is -1.28. The third-order valence-electron chi connectivity index (χ3n) is 4.79. The Morgan fingerprint density at radius 1 is 0.923 bits per heavy atom. The molecule has 3 aromatic carbocycles. The van der Waals surface area contributed by atoms with Crippen LogP contribution in [0.5, 0.6) is 0 Å². The summed E-state index contributed by atoms with van der Waals surface area (Å²) in [7, 11) is 0. The summed E-state index contributed by atoms with van der Waals surface area (Å²) in [6, 6.07) is 21.3. The molecule has 0 saturated carbocycles. The van der Waals surface area contributed by atoms with Crippen LogP contribution in [0.1, 0.15) is 6.92 Å². The van der Waals surface area contributed by atoms with Gasteiger partial charge in [0.1, 0.15) is 11.4 Å². The summed E-state index contributed by atoms with van der Waals surface area (Å²) in [5, 5.41) is 0. The van der Waals surface area contributed by atoms with Gasteiger partial charge in [-0.3, -0.25) is 4.79 Å². The predicted octanol–water partition coefficient (Wildman–Crippen LogP) is 2.62. The number of rotatable bonds is 1. The van der Waals surface area contributed by atoms with Gasteiger partial charge in [0.15, 0.2) is 9.79 Å². The molecule has 0 bridgehead atoms. The van der Waals surface area contributed by atoms with Gasteiger partial charge in [0, 0.05) is 23.8 Å². The van der Waals surface area contributed by atoms with Crippen molar-refractivity contribution in [1.82, 2.24) is 0 Å². The van der Waals surface area contributed by atoms with Crippen molar-refractivity contribution in [3.63, 3.8) is 0 Å². The second-order valence-corrected chi connectivity index (χ2v) is 7.73. The van der Waals surface area contributed by atoms with E-state index in [2.05, 4.69) is 4.90 Å². The normalized spacial score (nSPS) is 16.5. The van der Waals surface area contributed by atoms with E-state index in [0.29, 0.717) is 0 Å². The number of benzene rings is 3. The molecule has 1 atom stereocenters. The molecule has 1 unspecified atom stereocenters. The van der Waals surface area contributed by atoms with Gasteiger partial charge < -0.3 is 14.1 Å². The fourth-order valence-corrected chi connectivity index (χ4v) is 5.18. The number of nitrogens with zero attached hydrogens (tertiary/aromatic N) is 1. The summed E-state index contributed by atoms with van der Waals surface area (Å²) < 4.78 is 18.8. The fourth-order valence-electron chi connectivity index (χ4n) is 3.80. The van der Waals surface area contributed by atoms with Crippen molar-refractivity contribution in [3.05, 3.63) is 66.7 Å². The zero-order valence-corrected chi connectivity index (χ0v) is 14.8. The van der Waals surface area contributed by atoms with Crippen LogP contribution in [0.25, 0.3) is 0 Å². The van der Waals surface area contributed by atoms with Crippen molar-refractivity contribution in [2.45, 2.75) is 16.7 Å². The molecule has 0 aromatic heterocycles. The molecule has 126 valence electrons. The van der Waals surface area contributed by atoms with Crippen molar-refractivity contribution in [2.24, 2.45) is 0 Å². The quantitative estimate of drug-likeness (QED) is 0.495. The first kappa shape index (κ1) is 15.6. The lowest BCUT2D eigenvalue weighted by molar-refractivity contribution is -0.132. The number of hydrogen-bond acceptors (Lipinski definition) is 4. The number of carbonyl (C=O) groups is 1. The first-order valence-corrected chi connectivity index (χ1v) is 9.52. The molecule has 2 heterocycles. The van der Waals surface area contributed by atoms with Gasteiger partial charge in [-0.05, 0) is 35.2 Å². The van der Waals surface area contributed by atoms with Crippen LogP contribution < -0.4 is 15.8 Å². The molecule has 0 amide bonds. The molecule has 6 heteroatoms. The Balaban J connectivity index is 1.86. The van der Waals surface area contributed by atoms with Crippen LogP contribution in [0.2, 0.25) is 0 Å². The second kappa shape index (κ2) is 5.66. The molecule has 0 N–H and O–H groups in total. The van der Waals surface area contributed by atoms with E-state index in [1.54, 1.807) is 0 Å². The van der Waals surface area contributed by atoms with Crippen molar-refractivity contribution >= 4 is 52.0 Å². The second-order valence-electron chi connectivity index (χ2n) is 6.31. The molecule has 0 fully saturated rings. The van der Waals surface area contributed by atoms with Crippen molar-refractivity contribution in [2.75, 3.05) is 4.90 Å². The first-order chi connectivity index (χ1) is 12.7. The van der Waals surface area contributed by atoms with Gasteiger partial charge >= 0.3 is 6.92 Å². The molecule has 26 heavy (non-hydrogen) atoms. The van der Waals surface area contributed by atoms with Gasteiger partial charge in [-0.25, -0.2) is 0 Å². The molecule has 2 aliphatic rings. The standard InChI is InChI=1S/C20H14BNO3S/c1-13(23)25-21-14-7-2-3-9-16(14)22-17-10-4-5-11-18(17)26(24)19-12-6-8-15(21)20(19)22/h2-12H,1H3. The predicted molar refractivity (Wildman–Crippen MR) is 103 cm³/mol. The van der Waals surface area contributed by atoms with Gasteiger partial charge in [0.05, 0.1) is 0 Å². The Hall–Kier alpha value is -2.70. The molecule has 0 spiro atoms. The molecule has 3 aromatic rings. The number of hydrogen-bond donors (Lipinski definition) is 0. The minimum Gasteiger partial charge on any atom is -0.606 e. The van der Waals surface area contributed by atoms with E-state index in [-0.39, 0.29) is 5.97 Å². The maximum absolute atomic E-state index is 13.2. The summed E-state index contributed by atoms with van der Waals surface area (Å²) >= 11 is -1.28. The van der Waals surface area contributed by atoms with Gasteiger partial charge in [0.25, 0.3) is 5.97 Å². The van der Waals surface area contributed by atoms with E-state index in [1.807, 2.05) is 66.7 Å². The molecular weight excluding hydrogens is 345 g/mol. The molecule has 5 rings (SSSR count). The highest BCUT2D eigenvalue weighted by atomic mass is 32.2. The number of anilines is 3. The third-order valence-corrected chi connectivity index (χ3v) is 6.26. The Kier molecular flexibility index (Phi) is 3.38. The molecular formula is C20H14BNO3S. The van der Waals surface area contributed by atoms with Crippen molar-refractivity contribution < 1.29 is 14.0 Å². The van der Waals surface area contributed by atoms with Crippen LogP contribution >= 0.6 is 0 Å². The molecule has 2 aliphatic heterocycles. The maximum Gasteiger partial charge on any atom is 0.433 e. The summed E-state index contributed by atoms with van der Waals surface area (Å²) in [5.41, 5.74) is 4.49. The van der Waals surface area contributed by atoms with Gasteiger partial charge in [-0.2, -0.15) is 0 Å².